The average Bonchev–Trinajstić information content (AvgIpc) is 2.86. The van der Waals surface area contributed by atoms with Crippen molar-refractivity contribution in [3.63, 3.8) is 0 Å². The van der Waals surface area contributed by atoms with Gasteiger partial charge in [-0.1, -0.05) is 15.9 Å². The van der Waals surface area contributed by atoms with Gasteiger partial charge in [0.1, 0.15) is 0 Å². The van der Waals surface area contributed by atoms with E-state index in [0.29, 0.717) is 30.0 Å². The molecular formula is C13H16BrFN2O2. The van der Waals surface area contributed by atoms with Gasteiger partial charge in [-0.25, -0.2) is 4.39 Å². The van der Waals surface area contributed by atoms with Gasteiger partial charge in [0.15, 0.2) is 18.2 Å². The van der Waals surface area contributed by atoms with Crippen molar-refractivity contribution in [2.75, 3.05) is 26.2 Å². The lowest BCUT2D eigenvalue weighted by Crippen LogP contribution is -2.33. The summed E-state index contributed by atoms with van der Waals surface area (Å²) in [6.45, 7) is 1.82. The summed E-state index contributed by atoms with van der Waals surface area (Å²) in [5.74, 6) is -0.152. The fourth-order valence-corrected chi connectivity index (χ4v) is 2.41. The van der Waals surface area contributed by atoms with Crippen molar-refractivity contribution in [1.82, 2.24) is 4.90 Å². The molecule has 19 heavy (non-hydrogen) atoms. The maximum Gasteiger partial charge on any atom is 0.260 e. The Morgan fingerprint density at radius 3 is 3.00 bits per heavy atom. The molecular weight excluding hydrogens is 315 g/mol. The Morgan fingerprint density at radius 2 is 2.37 bits per heavy atom. The molecule has 1 atom stereocenters. The Morgan fingerprint density at radius 1 is 1.58 bits per heavy atom. The molecule has 0 radical (unpaired) electrons. The monoisotopic (exact) mass is 330 g/mol. The number of carbonyl (C=O) groups excluding carboxylic acids is 1. The van der Waals surface area contributed by atoms with Gasteiger partial charge >= 0.3 is 0 Å². The maximum atomic E-state index is 13.5. The fourth-order valence-electron chi connectivity index (χ4n) is 2.07. The number of likely N-dealkylation sites (tertiary alicyclic amines) is 1. The summed E-state index contributed by atoms with van der Waals surface area (Å²) in [6.07, 6.45) is 0.925. The third-order valence-electron chi connectivity index (χ3n) is 3.22. The molecule has 1 aromatic carbocycles. The molecule has 0 spiro atoms. The van der Waals surface area contributed by atoms with Gasteiger partial charge in [-0.05, 0) is 37.1 Å². The number of amides is 1. The summed E-state index contributed by atoms with van der Waals surface area (Å²) in [7, 11) is 0. The predicted octanol–water partition coefficient (Wildman–Crippen LogP) is 1.77. The van der Waals surface area contributed by atoms with Gasteiger partial charge in [0, 0.05) is 17.6 Å². The molecule has 2 N–H and O–H groups in total. The summed E-state index contributed by atoms with van der Waals surface area (Å²) in [6, 6.07) is 4.47. The first kappa shape index (κ1) is 14.3. The molecule has 104 valence electrons. The predicted molar refractivity (Wildman–Crippen MR) is 73.3 cm³/mol. The SMILES string of the molecule is NC[C@@H]1CCN(C(=O)COc2ccc(Br)cc2F)C1. The highest BCUT2D eigenvalue weighted by Gasteiger charge is 2.25. The van der Waals surface area contributed by atoms with Gasteiger partial charge in [0.25, 0.3) is 5.91 Å². The second-order valence-corrected chi connectivity index (χ2v) is 5.51. The lowest BCUT2D eigenvalue weighted by atomic mass is 10.1. The molecule has 4 nitrogen and oxygen atoms in total. The quantitative estimate of drug-likeness (QED) is 0.915. The van der Waals surface area contributed by atoms with Crippen LogP contribution in [0.15, 0.2) is 22.7 Å². The Kier molecular flexibility index (Phi) is 4.76. The van der Waals surface area contributed by atoms with Gasteiger partial charge in [-0.2, -0.15) is 0 Å². The second kappa shape index (κ2) is 6.34. The number of halogens is 2. The zero-order valence-electron chi connectivity index (χ0n) is 10.4. The summed E-state index contributed by atoms with van der Waals surface area (Å²) < 4.78 is 19.3. The fraction of sp³-hybridized carbons (Fsp3) is 0.462. The largest absolute Gasteiger partial charge is 0.481 e. The van der Waals surface area contributed by atoms with Crippen LogP contribution in [0.3, 0.4) is 0 Å². The van der Waals surface area contributed by atoms with E-state index in [1.165, 1.54) is 12.1 Å². The highest BCUT2D eigenvalue weighted by molar-refractivity contribution is 9.10. The molecule has 1 aliphatic heterocycles. The number of carbonyl (C=O) groups is 1. The van der Waals surface area contributed by atoms with Crippen LogP contribution in [0.5, 0.6) is 5.75 Å². The molecule has 0 bridgehead atoms. The van der Waals surface area contributed by atoms with Crippen molar-refractivity contribution >= 4 is 21.8 Å². The van der Waals surface area contributed by atoms with Gasteiger partial charge in [-0.15, -0.1) is 0 Å². The van der Waals surface area contributed by atoms with Crippen LogP contribution in [0.1, 0.15) is 6.42 Å². The molecule has 0 saturated carbocycles. The van der Waals surface area contributed by atoms with Crippen LogP contribution < -0.4 is 10.5 Å². The lowest BCUT2D eigenvalue weighted by molar-refractivity contribution is -0.132. The maximum absolute atomic E-state index is 13.5. The molecule has 1 aliphatic rings. The number of hydrogen-bond acceptors (Lipinski definition) is 3. The Balaban J connectivity index is 1.87. The van der Waals surface area contributed by atoms with Crippen LogP contribution in [0.2, 0.25) is 0 Å². The van der Waals surface area contributed by atoms with Crippen LogP contribution in [-0.4, -0.2) is 37.0 Å². The number of nitrogens with two attached hydrogens (primary N) is 1. The number of benzene rings is 1. The summed E-state index contributed by atoms with van der Waals surface area (Å²) in [5.41, 5.74) is 5.57. The van der Waals surface area contributed by atoms with E-state index in [2.05, 4.69) is 15.9 Å². The lowest BCUT2D eigenvalue weighted by Gasteiger charge is -2.16. The van der Waals surface area contributed by atoms with Crippen LogP contribution in [-0.2, 0) is 4.79 Å². The van der Waals surface area contributed by atoms with E-state index in [4.69, 9.17) is 10.5 Å². The molecule has 2 rings (SSSR count). The molecule has 1 aromatic rings. The smallest absolute Gasteiger partial charge is 0.260 e. The molecule has 1 heterocycles. The van der Waals surface area contributed by atoms with E-state index >= 15 is 0 Å². The van der Waals surface area contributed by atoms with Crippen molar-refractivity contribution in [1.29, 1.82) is 0 Å². The molecule has 1 fully saturated rings. The average molecular weight is 331 g/mol. The van der Waals surface area contributed by atoms with E-state index in [9.17, 15) is 9.18 Å². The minimum atomic E-state index is -0.483. The summed E-state index contributed by atoms with van der Waals surface area (Å²) in [4.78, 5) is 13.6. The third-order valence-corrected chi connectivity index (χ3v) is 3.71. The van der Waals surface area contributed by atoms with Gasteiger partial charge < -0.3 is 15.4 Å². The number of nitrogens with zero attached hydrogens (tertiary/aromatic N) is 1. The molecule has 0 aliphatic carbocycles. The van der Waals surface area contributed by atoms with Crippen LogP contribution in [0.25, 0.3) is 0 Å². The van der Waals surface area contributed by atoms with Crippen molar-refractivity contribution < 1.29 is 13.9 Å². The Labute approximate surface area is 119 Å². The van der Waals surface area contributed by atoms with Crippen LogP contribution >= 0.6 is 15.9 Å². The number of hydrogen-bond donors (Lipinski definition) is 1. The summed E-state index contributed by atoms with van der Waals surface area (Å²) in [5, 5.41) is 0. The normalized spacial score (nSPS) is 18.7. The van der Waals surface area contributed by atoms with Crippen LogP contribution in [0.4, 0.5) is 4.39 Å². The number of ether oxygens (including phenoxy) is 1. The molecule has 1 amide bonds. The van der Waals surface area contributed by atoms with Crippen molar-refractivity contribution in [2.45, 2.75) is 6.42 Å². The first-order valence-corrected chi connectivity index (χ1v) is 6.95. The van der Waals surface area contributed by atoms with Gasteiger partial charge in [0.2, 0.25) is 0 Å². The Hall–Kier alpha value is -1.14. The topological polar surface area (TPSA) is 55.6 Å². The molecule has 0 aromatic heterocycles. The highest BCUT2D eigenvalue weighted by atomic mass is 79.9. The van der Waals surface area contributed by atoms with E-state index in [0.717, 1.165) is 6.42 Å². The zero-order chi connectivity index (χ0) is 13.8. The van der Waals surface area contributed by atoms with E-state index in [-0.39, 0.29) is 18.3 Å². The first-order valence-electron chi connectivity index (χ1n) is 6.16. The Bertz CT molecular complexity index is 470. The second-order valence-electron chi connectivity index (χ2n) is 4.59. The number of rotatable bonds is 4. The minimum absolute atomic E-state index is 0.0890. The van der Waals surface area contributed by atoms with Gasteiger partial charge in [0.05, 0.1) is 0 Å². The van der Waals surface area contributed by atoms with Gasteiger partial charge in [-0.3, -0.25) is 4.79 Å². The minimum Gasteiger partial charge on any atom is -0.481 e. The third kappa shape index (κ3) is 3.67. The zero-order valence-corrected chi connectivity index (χ0v) is 12.0. The van der Waals surface area contributed by atoms with E-state index in [1.54, 1.807) is 11.0 Å². The summed E-state index contributed by atoms with van der Waals surface area (Å²) >= 11 is 3.16. The highest BCUT2D eigenvalue weighted by Crippen LogP contribution is 2.22. The van der Waals surface area contributed by atoms with E-state index < -0.39 is 5.82 Å². The molecule has 1 saturated heterocycles. The molecule has 6 heteroatoms. The van der Waals surface area contributed by atoms with Crippen LogP contribution in [0, 0.1) is 11.7 Å². The van der Waals surface area contributed by atoms with Crippen molar-refractivity contribution in [3.05, 3.63) is 28.5 Å². The standard InChI is InChI=1S/C13H16BrFN2O2/c14-10-1-2-12(11(15)5-10)19-8-13(18)17-4-3-9(6-16)7-17/h1-2,5,9H,3-4,6-8,16H2/t9-/m0/s1. The van der Waals surface area contributed by atoms with E-state index in [1.807, 2.05) is 0 Å². The van der Waals surface area contributed by atoms with Crippen molar-refractivity contribution in [3.8, 4) is 5.75 Å². The molecule has 0 unspecified atom stereocenters. The van der Waals surface area contributed by atoms with Crippen molar-refractivity contribution in [2.24, 2.45) is 11.7 Å². The first-order chi connectivity index (χ1) is 9.10.